The van der Waals surface area contributed by atoms with E-state index in [1.165, 1.54) is 11.8 Å². The Morgan fingerprint density at radius 1 is 1.00 bits per heavy atom. The summed E-state index contributed by atoms with van der Waals surface area (Å²) < 4.78 is 5.64. The van der Waals surface area contributed by atoms with Gasteiger partial charge in [-0.15, -0.1) is 11.8 Å². The molecule has 0 aliphatic carbocycles. The fourth-order valence-corrected chi connectivity index (χ4v) is 3.49. The van der Waals surface area contributed by atoms with E-state index in [1.54, 1.807) is 0 Å². The average Bonchev–Trinajstić information content (AvgIpc) is 2.70. The molecule has 156 valence electrons. The Bertz CT molecular complexity index is 793. The molecule has 2 amide bonds. The topological polar surface area (TPSA) is 67.4 Å². The van der Waals surface area contributed by atoms with Gasteiger partial charge in [-0.3, -0.25) is 9.59 Å². The summed E-state index contributed by atoms with van der Waals surface area (Å²) in [6.45, 7) is 6.66. The minimum atomic E-state index is -0.280. The number of amides is 2. The fourth-order valence-electron chi connectivity index (χ4n) is 2.57. The predicted octanol–water partition coefficient (Wildman–Crippen LogP) is 5.72. The maximum Gasteiger partial charge on any atom is 0.237 e. The summed E-state index contributed by atoms with van der Waals surface area (Å²) in [5, 5.41) is 5.54. The molecule has 0 spiro atoms. The summed E-state index contributed by atoms with van der Waals surface area (Å²) in [6.07, 6.45) is 3.43. The van der Waals surface area contributed by atoms with Crippen LogP contribution >= 0.6 is 11.8 Å². The summed E-state index contributed by atoms with van der Waals surface area (Å²) in [7, 11) is 0. The van der Waals surface area contributed by atoms with Crippen LogP contribution in [0.5, 0.6) is 5.75 Å². The largest absolute Gasteiger partial charge is 0.494 e. The van der Waals surface area contributed by atoms with Gasteiger partial charge in [-0.1, -0.05) is 26.3 Å². The highest BCUT2D eigenvalue weighted by atomic mass is 32.2. The maximum atomic E-state index is 12.5. The molecule has 0 heterocycles. The van der Waals surface area contributed by atoms with E-state index in [4.69, 9.17) is 4.74 Å². The van der Waals surface area contributed by atoms with Gasteiger partial charge in [0.25, 0.3) is 0 Å². The van der Waals surface area contributed by atoms with Crippen molar-refractivity contribution < 1.29 is 14.3 Å². The molecule has 0 saturated heterocycles. The van der Waals surface area contributed by atoms with Crippen LogP contribution in [0.3, 0.4) is 0 Å². The lowest BCUT2D eigenvalue weighted by Gasteiger charge is -2.13. The van der Waals surface area contributed by atoms with E-state index >= 15 is 0 Å². The summed E-state index contributed by atoms with van der Waals surface area (Å²) in [6, 6.07) is 15.0. The number of rotatable bonds is 11. The quantitative estimate of drug-likeness (QED) is 0.364. The zero-order valence-corrected chi connectivity index (χ0v) is 18.2. The minimum absolute atomic E-state index is 0.00237. The number of nitrogens with one attached hydrogen (secondary N) is 2. The van der Waals surface area contributed by atoms with Crippen LogP contribution in [-0.4, -0.2) is 23.7 Å². The number of thioether (sulfide) groups is 1. The van der Waals surface area contributed by atoms with Crippen molar-refractivity contribution in [2.24, 2.45) is 0 Å². The maximum absolute atomic E-state index is 12.5. The zero-order valence-electron chi connectivity index (χ0n) is 17.4. The van der Waals surface area contributed by atoms with Crippen LogP contribution in [0.1, 0.15) is 46.5 Å². The molecule has 0 aliphatic heterocycles. The van der Waals surface area contributed by atoms with Crippen LogP contribution in [0.25, 0.3) is 0 Å². The van der Waals surface area contributed by atoms with Crippen LogP contribution < -0.4 is 15.4 Å². The second-order valence-electron chi connectivity index (χ2n) is 6.80. The Labute approximate surface area is 177 Å². The van der Waals surface area contributed by atoms with Crippen molar-refractivity contribution in [3.05, 3.63) is 48.5 Å². The standard InChI is InChI=1S/C23H30N2O3S/c1-4-6-15-28-20-13-11-18(12-14-20)25-23(27)17(3)29-21-10-7-9-19(16-21)24-22(26)8-5-2/h7,9-14,16-17H,4-6,8,15H2,1-3H3,(H,24,26)(H,25,27). The van der Waals surface area contributed by atoms with Crippen molar-refractivity contribution in [2.75, 3.05) is 17.2 Å². The van der Waals surface area contributed by atoms with Gasteiger partial charge in [0.15, 0.2) is 0 Å². The number of anilines is 2. The molecule has 2 aromatic carbocycles. The summed E-state index contributed by atoms with van der Waals surface area (Å²) in [4.78, 5) is 25.2. The Morgan fingerprint density at radius 2 is 1.76 bits per heavy atom. The van der Waals surface area contributed by atoms with Gasteiger partial charge in [-0.25, -0.2) is 0 Å². The number of hydrogen-bond acceptors (Lipinski definition) is 4. The first-order valence-electron chi connectivity index (χ1n) is 10.1. The van der Waals surface area contributed by atoms with E-state index in [2.05, 4.69) is 17.6 Å². The highest BCUT2D eigenvalue weighted by Gasteiger charge is 2.15. The predicted molar refractivity (Wildman–Crippen MR) is 121 cm³/mol. The third kappa shape index (κ3) is 8.20. The average molecular weight is 415 g/mol. The van der Waals surface area contributed by atoms with Crippen molar-refractivity contribution in [3.63, 3.8) is 0 Å². The van der Waals surface area contributed by atoms with Crippen LogP contribution in [0.4, 0.5) is 11.4 Å². The van der Waals surface area contributed by atoms with E-state index in [9.17, 15) is 9.59 Å². The van der Waals surface area contributed by atoms with E-state index in [1.807, 2.05) is 62.4 Å². The highest BCUT2D eigenvalue weighted by molar-refractivity contribution is 8.00. The molecule has 2 rings (SSSR count). The van der Waals surface area contributed by atoms with Crippen LogP contribution in [0.15, 0.2) is 53.4 Å². The molecular formula is C23H30N2O3S. The third-order valence-corrected chi connectivity index (χ3v) is 5.26. The van der Waals surface area contributed by atoms with Crippen LogP contribution in [0, 0.1) is 0 Å². The molecule has 2 N–H and O–H groups in total. The molecular weight excluding hydrogens is 384 g/mol. The molecule has 0 aromatic heterocycles. The molecule has 0 aliphatic rings. The lowest BCUT2D eigenvalue weighted by Crippen LogP contribution is -2.22. The Morgan fingerprint density at radius 3 is 2.45 bits per heavy atom. The lowest BCUT2D eigenvalue weighted by atomic mass is 10.3. The summed E-state index contributed by atoms with van der Waals surface area (Å²) in [5.41, 5.74) is 1.49. The molecule has 1 atom stereocenters. The SMILES string of the molecule is CCCCOc1ccc(NC(=O)C(C)Sc2cccc(NC(=O)CCC)c2)cc1. The van der Waals surface area contributed by atoms with Gasteiger partial charge in [0.05, 0.1) is 11.9 Å². The van der Waals surface area contributed by atoms with Crippen molar-refractivity contribution in [2.45, 2.75) is 56.6 Å². The van der Waals surface area contributed by atoms with Crippen molar-refractivity contribution in [1.82, 2.24) is 0 Å². The van der Waals surface area contributed by atoms with E-state index in [0.717, 1.165) is 41.3 Å². The van der Waals surface area contributed by atoms with Gasteiger partial charge in [0.1, 0.15) is 5.75 Å². The fraction of sp³-hybridized carbons (Fsp3) is 0.391. The lowest BCUT2D eigenvalue weighted by molar-refractivity contribution is -0.116. The van der Waals surface area contributed by atoms with Gasteiger partial charge < -0.3 is 15.4 Å². The van der Waals surface area contributed by atoms with Crippen molar-refractivity contribution >= 4 is 35.0 Å². The van der Waals surface area contributed by atoms with E-state index < -0.39 is 0 Å². The van der Waals surface area contributed by atoms with Gasteiger partial charge in [-0.05, 0) is 62.2 Å². The minimum Gasteiger partial charge on any atom is -0.494 e. The molecule has 2 aromatic rings. The molecule has 0 fully saturated rings. The number of benzene rings is 2. The molecule has 0 bridgehead atoms. The molecule has 5 nitrogen and oxygen atoms in total. The second-order valence-corrected chi connectivity index (χ2v) is 8.22. The van der Waals surface area contributed by atoms with Crippen LogP contribution in [0.2, 0.25) is 0 Å². The van der Waals surface area contributed by atoms with Gasteiger partial charge in [0.2, 0.25) is 11.8 Å². The second kappa shape index (κ2) is 12.2. The van der Waals surface area contributed by atoms with Gasteiger partial charge in [-0.2, -0.15) is 0 Å². The normalized spacial score (nSPS) is 11.6. The number of carbonyl (C=O) groups excluding carboxylic acids is 2. The number of carbonyl (C=O) groups is 2. The summed E-state index contributed by atoms with van der Waals surface area (Å²) in [5.74, 6) is 0.735. The Balaban J connectivity index is 1.88. The first kappa shape index (κ1) is 22.8. The summed E-state index contributed by atoms with van der Waals surface area (Å²) >= 11 is 1.45. The van der Waals surface area contributed by atoms with Gasteiger partial charge in [0, 0.05) is 22.7 Å². The molecule has 0 saturated carbocycles. The molecule has 6 heteroatoms. The molecule has 1 unspecified atom stereocenters. The highest BCUT2D eigenvalue weighted by Crippen LogP contribution is 2.27. The number of ether oxygens (including phenoxy) is 1. The molecule has 29 heavy (non-hydrogen) atoms. The van der Waals surface area contributed by atoms with Crippen molar-refractivity contribution in [1.29, 1.82) is 0 Å². The van der Waals surface area contributed by atoms with E-state index in [0.29, 0.717) is 13.0 Å². The first-order valence-corrected chi connectivity index (χ1v) is 11.0. The van der Waals surface area contributed by atoms with Gasteiger partial charge >= 0.3 is 0 Å². The van der Waals surface area contributed by atoms with Crippen molar-refractivity contribution in [3.8, 4) is 5.75 Å². The van der Waals surface area contributed by atoms with Crippen LogP contribution in [-0.2, 0) is 9.59 Å². The van der Waals surface area contributed by atoms with E-state index in [-0.39, 0.29) is 17.1 Å². The third-order valence-electron chi connectivity index (χ3n) is 4.17. The number of unbranched alkanes of at least 4 members (excludes halogenated alkanes) is 1. The Hall–Kier alpha value is -2.47. The monoisotopic (exact) mass is 414 g/mol. The molecule has 0 radical (unpaired) electrons. The Kier molecular flexibility index (Phi) is 9.57. The smallest absolute Gasteiger partial charge is 0.237 e. The zero-order chi connectivity index (χ0) is 21.1. The first-order chi connectivity index (χ1) is 14.0. The number of hydrogen-bond donors (Lipinski definition) is 2.